The van der Waals surface area contributed by atoms with Crippen LogP contribution in [0.2, 0.25) is 0 Å². The van der Waals surface area contributed by atoms with Gasteiger partial charge in [-0.1, -0.05) is 0 Å². The lowest BCUT2D eigenvalue weighted by atomic mass is 10.1. The summed E-state index contributed by atoms with van der Waals surface area (Å²) >= 11 is 0. The van der Waals surface area contributed by atoms with Crippen molar-refractivity contribution in [1.82, 2.24) is 4.98 Å². The number of nitrogens with zero attached hydrogens (tertiary/aromatic N) is 4. The number of anilines is 2. The first-order chi connectivity index (χ1) is 24.5. The molecule has 0 atom stereocenters. The van der Waals surface area contributed by atoms with E-state index in [1.165, 1.54) is 6.92 Å². The monoisotopic (exact) mass is 882 g/mol. The van der Waals surface area contributed by atoms with Crippen molar-refractivity contribution in [2.45, 2.75) is 21.6 Å². The van der Waals surface area contributed by atoms with Gasteiger partial charge in [0.05, 0.1) is 40.9 Å². The zero-order valence-corrected chi connectivity index (χ0v) is 31.6. The first kappa shape index (κ1) is 44.4. The van der Waals surface area contributed by atoms with Crippen LogP contribution < -0.4 is 10.6 Å². The Labute approximate surface area is 307 Å². The molecule has 0 aliphatic heterocycles. The number of rotatable bonds is 18. The molecular weight excluding hydrogens is 857 g/mol. The average Bonchev–Trinajstić information content (AvgIpc) is 2.99. The molecule has 0 saturated carbocycles. The number of fused-ring (bicyclic) bond motifs is 1. The molecule has 0 saturated heterocycles. The highest BCUT2D eigenvalue weighted by molar-refractivity contribution is 7.91. The number of hydrogen-bond acceptors (Lipinski definition) is 20. The Morgan fingerprint density at radius 2 is 1.22 bits per heavy atom. The third kappa shape index (κ3) is 12.5. The summed E-state index contributed by atoms with van der Waals surface area (Å²) in [5, 5.41) is 21.2. The van der Waals surface area contributed by atoms with E-state index < -0.39 is 130 Å². The van der Waals surface area contributed by atoms with Crippen LogP contribution in [0.15, 0.2) is 49.2 Å². The van der Waals surface area contributed by atoms with E-state index in [1.54, 1.807) is 6.07 Å². The normalized spacial score (nSPS) is 13.3. The SMILES string of the molecule is Cc1c(C#N)c(NCCOS(=O)(=O)O)nc(NCCS(=O)(=O)CCOS(=O)(=O)O)c1N=Nc1cc(S(=O)(=O)O)c2cc(S(=O)(=O)O)cc(S(=O)(=O)O)c2c1. The van der Waals surface area contributed by atoms with E-state index in [-0.39, 0.29) is 34.5 Å². The van der Waals surface area contributed by atoms with Gasteiger partial charge in [-0.15, -0.1) is 5.11 Å². The van der Waals surface area contributed by atoms with Crippen molar-refractivity contribution in [2.24, 2.45) is 10.2 Å². The molecule has 54 heavy (non-hydrogen) atoms. The second kappa shape index (κ2) is 16.4. The maximum Gasteiger partial charge on any atom is 0.397 e. The fraction of sp³-hybridized carbons (Fsp3) is 0.304. The Morgan fingerprint density at radius 3 is 1.76 bits per heavy atom. The van der Waals surface area contributed by atoms with Crippen molar-refractivity contribution in [3.05, 3.63) is 35.4 Å². The quantitative estimate of drug-likeness (QED) is 0.0518. The van der Waals surface area contributed by atoms with Crippen LogP contribution in [0.25, 0.3) is 10.8 Å². The van der Waals surface area contributed by atoms with E-state index in [9.17, 15) is 69.4 Å². The molecule has 0 unspecified atom stereocenters. The Bertz CT molecular complexity index is 2730. The van der Waals surface area contributed by atoms with Crippen LogP contribution in [0.3, 0.4) is 0 Å². The van der Waals surface area contributed by atoms with Crippen LogP contribution in [-0.4, -0.2) is 116 Å². The summed E-state index contributed by atoms with van der Waals surface area (Å²) in [6, 6.07) is 3.90. The molecule has 0 fully saturated rings. The van der Waals surface area contributed by atoms with Crippen LogP contribution in [0.4, 0.5) is 23.0 Å². The third-order valence-electron chi connectivity index (χ3n) is 6.56. The highest BCUT2D eigenvalue weighted by Crippen LogP contribution is 2.38. The van der Waals surface area contributed by atoms with Crippen molar-refractivity contribution < 1.29 is 81.6 Å². The molecule has 1 heterocycles. The molecular formula is C23H26N6O19S6. The van der Waals surface area contributed by atoms with E-state index in [2.05, 4.69) is 34.2 Å². The Balaban J connectivity index is 2.20. The number of aromatic nitrogens is 1. The van der Waals surface area contributed by atoms with E-state index >= 15 is 0 Å². The van der Waals surface area contributed by atoms with Crippen molar-refractivity contribution in [3.8, 4) is 6.07 Å². The van der Waals surface area contributed by atoms with Gasteiger partial charge >= 0.3 is 20.8 Å². The Morgan fingerprint density at radius 1 is 0.685 bits per heavy atom. The van der Waals surface area contributed by atoms with Crippen LogP contribution in [0.5, 0.6) is 0 Å². The van der Waals surface area contributed by atoms with Crippen molar-refractivity contribution in [3.63, 3.8) is 0 Å². The summed E-state index contributed by atoms with van der Waals surface area (Å²) in [5.41, 5.74) is -1.36. The Kier molecular flexibility index (Phi) is 13.4. The van der Waals surface area contributed by atoms with Gasteiger partial charge in [0.25, 0.3) is 30.4 Å². The summed E-state index contributed by atoms with van der Waals surface area (Å²) < 4.78 is 196. The molecule has 25 nitrogen and oxygen atoms in total. The third-order valence-corrected chi connectivity index (χ3v) is 11.7. The summed E-state index contributed by atoms with van der Waals surface area (Å²) in [7, 11) is -29.9. The second-order valence-electron chi connectivity index (χ2n) is 10.4. The number of sulfone groups is 1. The van der Waals surface area contributed by atoms with Crippen LogP contribution in [0, 0.1) is 18.3 Å². The van der Waals surface area contributed by atoms with Crippen LogP contribution in [0.1, 0.15) is 11.1 Å². The second-order valence-corrected chi connectivity index (χ2v) is 19.0. The maximum atomic E-state index is 12.4. The molecule has 1 aromatic heterocycles. The minimum absolute atomic E-state index is 0.0893. The number of benzene rings is 2. The summed E-state index contributed by atoms with van der Waals surface area (Å²) in [6.07, 6.45) is 0. The highest BCUT2D eigenvalue weighted by atomic mass is 32.3. The molecule has 31 heteroatoms. The van der Waals surface area contributed by atoms with Gasteiger partial charge in [0.1, 0.15) is 27.4 Å². The van der Waals surface area contributed by atoms with Crippen LogP contribution in [-0.2, 0) is 69.4 Å². The van der Waals surface area contributed by atoms with Gasteiger partial charge in [-0.05, 0) is 31.2 Å². The lowest BCUT2D eigenvalue weighted by Crippen LogP contribution is -2.22. The first-order valence-corrected chi connectivity index (χ1v) is 22.7. The standard InChI is InChI=1S/C23H26N6O19S6/c1-13-18(12-24)22(25-2-4-47-53(41,42)43)27-23(26-3-6-49(30,31)7-5-48-54(44,45)46)21(13)29-28-14-8-16-17(19(9-14)51(35,36)37)10-15(50(32,33)34)11-20(16)52(38,39)40/h8-11H,2-7H2,1H3,(H2,25,26,27)(H,32,33,34)(H,35,36,37)(H,38,39,40)(H,41,42,43)(H,44,45,46). The van der Waals surface area contributed by atoms with Gasteiger partial charge in [-0.3, -0.25) is 22.8 Å². The smallest absolute Gasteiger partial charge is 0.367 e. The Hall–Kier alpha value is -4.04. The van der Waals surface area contributed by atoms with E-state index in [0.717, 1.165) is 6.07 Å². The van der Waals surface area contributed by atoms with Gasteiger partial charge in [0.2, 0.25) is 0 Å². The van der Waals surface area contributed by atoms with Gasteiger partial charge in [-0.25, -0.2) is 21.8 Å². The number of nitriles is 1. The fourth-order valence-corrected chi connectivity index (χ4v) is 8.01. The highest BCUT2D eigenvalue weighted by Gasteiger charge is 2.26. The molecule has 0 aliphatic carbocycles. The van der Waals surface area contributed by atoms with Crippen molar-refractivity contribution in [2.75, 3.05) is 48.4 Å². The van der Waals surface area contributed by atoms with Gasteiger partial charge < -0.3 is 10.6 Å². The zero-order chi connectivity index (χ0) is 41.1. The summed E-state index contributed by atoms with van der Waals surface area (Å²) in [4.78, 5) is 0.511. The molecule has 7 N–H and O–H groups in total. The van der Waals surface area contributed by atoms with Gasteiger partial charge in [0.15, 0.2) is 15.7 Å². The predicted octanol–water partition coefficient (Wildman–Crippen LogP) is 0.448. The largest absolute Gasteiger partial charge is 0.397 e. The lowest BCUT2D eigenvalue weighted by Gasteiger charge is -2.16. The van der Waals surface area contributed by atoms with E-state index in [0.29, 0.717) is 12.1 Å². The topological polar surface area (TPSA) is 410 Å². The fourth-order valence-electron chi connectivity index (χ4n) is 4.31. The van der Waals surface area contributed by atoms with Gasteiger partial charge in [-0.2, -0.15) is 52.5 Å². The number of azo groups is 1. The first-order valence-electron chi connectivity index (χ1n) is 13.8. The molecule has 0 radical (unpaired) electrons. The molecule has 0 aliphatic rings. The molecule has 0 amide bonds. The van der Waals surface area contributed by atoms with E-state index in [4.69, 9.17) is 9.11 Å². The predicted molar refractivity (Wildman–Crippen MR) is 182 cm³/mol. The minimum atomic E-state index is -5.38. The molecule has 2 aromatic carbocycles. The van der Waals surface area contributed by atoms with Crippen molar-refractivity contribution in [1.29, 1.82) is 5.26 Å². The van der Waals surface area contributed by atoms with Crippen LogP contribution >= 0.6 is 0 Å². The minimum Gasteiger partial charge on any atom is -0.367 e. The summed E-state index contributed by atoms with van der Waals surface area (Å²) in [6.45, 7) is -1.26. The molecule has 3 rings (SSSR count). The lowest BCUT2D eigenvalue weighted by molar-refractivity contribution is 0.278. The molecule has 0 bridgehead atoms. The molecule has 0 spiro atoms. The number of pyridine rings is 1. The summed E-state index contributed by atoms with van der Waals surface area (Å²) in [5.74, 6) is -2.27. The van der Waals surface area contributed by atoms with E-state index in [1.807, 2.05) is 0 Å². The average molecular weight is 883 g/mol. The maximum absolute atomic E-state index is 12.4. The van der Waals surface area contributed by atoms with Gasteiger partial charge in [0, 0.05) is 29.4 Å². The number of hydrogen-bond donors (Lipinski definition) is 7. The molecule has 298 valence electrons. The molecule has 3 aromatic rings. The van der Waals surface area contributed by atoms with Crippen molar-refractivity contribution >= 4 is 94.8 Å². The number of nitrogens with one attached hydrogen (secondary N) is 2. The zero-order valence-electron chi connectivity index (χ0n) is 26.7.